The number of sulfonamides is 1. The Hall–Kier alpha value is -0.130. The molecule has 0 bridgehead atoms. The molecule has 0 aliphatic heterocycles. The molecule has 0 spiro atoms. The van der Waals surface area contributed by atoms with Gasteiger partial charge in [0.05, 0.1) is 5.75 Å². The van der Waals surface area contributed by atoms with Gasteiger partial charge in [0, 0.05) is 13.1 Å². The summed E-state index contributed by atoms with van der Waals surface area (Å²) in [5.41, 5.74) is 0. The molecule has 0 saturated heterocycles. The first kappa shape index (κ1) is 14.9. The van der Waals surface area contributed by atoms with Crippen LogP contribution < -0.4 is 5.32 Å². The molecule has 0 amide bonds. The van der Waals surface area contributed by atoms with E-state index in [0.29, 0.717) is 5.75 Å². The Morgan fingerprint density at radius 1 is 1.18 bits per heavy atom. The second kappa shape index (κ2) is 7.34. The van der Waals surface area contributed by atoms with Crippen molar-refractivity contribution in [1.29, 1.82) is 0 Å². The van der Waals surface area contributed by atoms with Gasteiger partial charge in [0.2, 0.25) is 10.0 Å². The smallest absolute Gasteiger partial charge is 0.214 e. The van der Waals surface area contributed by atoms with Gasteiger partial charge in [-0.05, 0) is 39.3 Å². The lowest BCUT2D eigenvalue weighted by Crippen LogP contribution is -2.39. The molecule has 1 fully saturated rings. The molecular formula is C12H26N2O2S. The number of hydrogen-bond donors (Lipinski definition) is 1. The van der Waals surface area contributed by atoms with Gasteiger partial charge in [-0.25, -0.2) is 12.7 Å². The van der Waals surface area contributed by atoms with Crippen molar-refractivity contribution in [2.24, 2.45) is 0 Å². The van der Waals surface area contributed by atoms with E-state index >= 15 is 0 Å². The van der Waals surface area contributed by atoms with Gasteiger partial charge in [0.1, 0.15) is 0 Å². The van der Waals surface area contributed by atoms with Crippen molar-refractivity contribution in [3.05, 3.63) is 0 Å². The van der Waals surface area contributed by atoms with E-state index in [0.717, 1.165) is 32.2 Å². The summed E-state index contributed by atoms with van der Waals surface area (Å²) in [6.07, 6.45) is 7.34. The molecule has 0 aromatic rings. The summed E-state index contributed by atoms with van der Waals surface area (Å²) >= 11 is 0. The maximum Gasteiger partial charge on any atom is 0.214 e. The highest BCUT2D eigenvalue weighted by Gasteiger charge is 2.26. The molecule has 102 valence electrons. The van der Waals surface area contributed by atoms with Crippen molar-refractivity contribution in [2.75, 3.05) is 26.4 Å². The van der Waals surface area contributed by atoms with Crippen LogP contribution in [0.15, 0.2) is 0 Å². The first-order valence-corrected chi connectivity index (χ1v) is 8.29. The molecule has 1 saturated carbocycles. The number of nitrogens with one attached hydrogen (secondary N) is 1. The fourth-order valence-corrected chi connectivity index (χ4v) is 3.92. The van der Waals surface area contributed by atoms with Crippen LogP contribution in [-0.2, 0) is 10.0 Å². The lowest BCUT2D eigenvalue weighted by molar-refractivity contribution is 0.285. The second-order valence-corrected chi connectivity index (χ2v) is 7.08. The monoisotopic (exact) mass is 262 g/mol. The van der Waals surface area contributed by atoms with Crippen LogP contribution in [0.4, 0.5) is 0 Å². The van der Waals surface area contributed by atoms with Crippen LogP contribution in [0.3, 0.4) is 0 Å². The zero-order valence-corrected chi connectivity index (χ0v) is 11.9. The van der Waals surface area contributed by atoms with Crippen LogP contribution >= 0.6 is 0 Å². The second-order valence-electron chi connectivity index (χ2n) is 4.93. The average Bonchev–Trinajstić information content (AvgIpc) is 2.35. The van der Waals surface area contributed by atoms with Crippen molar-refractivity contribution in [1.82, 2.24) is 9.62 Å². The van der Waals surface area contributed by atoms with Gasteiger partial charge >= 0.3 is 0 Å². The van der Waals surface area contributed by atoms with E-state index in [1.807, 2.05) is 7.05 Å². The van der Waals surface area contributed by atoms with Crippen LogP contribution in [0.1, 0.15) is 44.9 Å². The Labute approximate surface area is 106 Å². The van der Waals surface area contributed by atoms with E-state index in [-0.39, 0.29) is 6.04 Å². The molecule has 1 N–H and O–H groups in total. The SMILES string of the molecule is CNCCCCS(=O)(=O)N(C)C1CCCCC1. The molecule has 1 aliphatic carbocycles. The number of unbranched alkanes of at least 4 members (excludes halogenated alkanes) is 1. The van der Waals surface area contributed by atoms with E-state index in [2.05, 4.69) is 5.32 Å². The number of hydrogen-bond acceptors (Lipinski definition) is 3. The molecule has 0 unspecified atom stereocenters. The van der Waals surface area contributed by atoms with Crippen LogP contribution in [0, 0.1) is 0 Å². The van der Waals surface area contributed by atoms with Crippen LogP contribution in [0.5, 0.6) is 0 Å². The fraction of sp³-hybridized carbons (Fsp3) is 1.00. The highest BCUT2D eigenvalue weighted by Crippen LogP contribution is 2.23. The summed E-state index contributed by atoms with van der Waals surface area (Å²) in [5.74, 6) is 0.293. The van der Waals surface area contributed by atoms with Crippen molar-refractivity contribution < 1.29 is 8.42 Å². The third kappa shape index (κ3) is 4.94. The topological polar surface area (TPSA) is 49.4 Å². The molecule has 4 nitrogen and oxygen atoms in total. The number of nitrogens with zero attached hydrogens (tertiary/aromatic N) is 1. The Morgan fingerprint density at radius 3 is 2.41 bits per heavy atom. The molecule has 0 radical (unpaired) electrons. The predicted octanol–water partition coefficient (Wildman–Crippen LogP) is 1.58. The van der Waals surface area contributed by atoms with E-state index in [9.17, 15) is 8.42 Å². The minimum absolute atomic E-state index is 0.248. The molecular weight excluding hydrogens is 236 g/mol. The van der Waals surface area contributed by atoms with Crippen LogP contribution in [0.2, 0.25) is 0 Å². The quantitative estimate of drug-likeness (QED) is 0.709. The molecule has 1 aliphatic rings. The molecule has 17 heavy (non-hydrogen) atoms. The van der Waals surface area contributed by atoms with Gasteiger partial charge in [0.25, 0.3) is 0 Å². The van der Waals surface area contributed by atoms with E-state index in [4.69, 9.17) is 0 Å². The van der Waals surface area contributed by atoms with Crippen LogP contribution in [0.25, 0.3) is 0 Å². The summed E-state index contributed by atoms with van der Waals surface area (Å²) in [7, 11) is 0.610. The van der Waals surface area contributed by atoms with E-state index in [1.54, 1.807) is 11.4 Å². The largest absolute Gasteiger partial charge is 0.320 e. The first-order chi connectivity index (χ1) is 8.08. The molecule has 5 heteroatoms. The minimum atomic E-state index is -3.03. The number of rotatable bonds is 7. The van der Waals surface area contributed by atoms with Crippen molar-refractivity contribution >= 4 is 10.0 Å². The molecule has 0 aromatic carbocycles. The Morgan fingerprint density at radius 2 is 1.82 bits per heavy atom. The molecule has 1 rings (SSSR count). The van der Waals surface area contributed by atoms with E-state index < -0.39 is 10.0 Å². The third-order valence-corrected chi connectivity index (χ3v) is 5.59. The highest BCUT2D eigenvalue weighted by molar-refractivity contribution is 7.89. The van der Waals surface area contributed by atoms with E-state index in [1.165, 1.54) is 19.3 Å². The van der Waals surface area contributed by atoms with Gasteiger partial charge in [0.15, 0.2) is 0 Å². The van der Waals surface area contributed by atoms with Crippen LogP contribution in [-0.4, -0.2) is 45.2 Å². The molecule has 0 aromatic heterocycles. The van der Waals surface area contributed by atoms with Gasteiger partial charge < -0.3 is 5.32 Å². The van der Waals surface area contributed by atoms with Crippen molar-refractivity contribution in [3.8, 4) is 0 Å². The summed E-state index contributed by atoms with van der Waals surface area (Å²) in [4.78, 5) is 0. The average molecular weight is 262 g/mol. The summed E-state index contributed by atoms with van der Waals surface area (Å²) in [5, 5.41) is 3.04. The first-order valence-electron chi connectivity index (χ1n) is 6.68. The minimum Gasteiger partial charge on any atom is -0.320 e. The highest BCUT2D eigenvalue weighted by atomic mass is 32.2. The lowest BCUT2D eigenvalue weighted by Gasteiger charge is -2.30. The maximum absolute atomic E-state index is 12.1. The Kier molecular flexibility index (Phi) is 6.44. The third-order valence-electron chi connectivity index (χ3n) is 3.61. The van der Waals surface area contributed by atoms with Gasteiger partial charge in [-0.15, -0.1) is 0 Å². The molecule has 0 heterocycles. The molecule has 0 atom stereocenters. The lowest BCUT2D eigenvalue weighted by atomic mass is 9.96. The normalized spacial score (nSPS) is 18.8. The standard InChI is InChI=1S/C12H26N2O2S/c1-13-10-6-7-11-17(15,16)14(2)12-8-4-3-5-9-12/h12-13H,3-11H2,1-2H3. The maximum atomic E-state index is 12.1. The van der Waals surface area contributed by atoms with Crippen molar-refractivity contribution in [2.45, 2.75) is 51.0 Å². The zero-order chi connectivity index (χ0) is 12.7. The Balaban J connectivity index is 2.39. The van der Waals surface area contributed by atoms with Crippen molar-refractivity contribution in [3.63, 3.8) is 0 Å². The van der Waals surface area contributed by atoms with Gasteiger partial charge in [-0.2, -0.15) is 0 Å². The fourth-order valence-electron chi connectivity index (χ4n) is 2.40. The summed E-state index contributed by atoms with van der Waals surface area (Å²) < 4.78 is 25.8. The summed E-state index contributed by atoms with van der Waals surface area (Å²) in [6, 6.07) is 0.248. The Bertz CT molecular complexity index is 298. The predicted molar refractivity (Wildman–Crippen MR) is 71.6 cm³/mol. The van der Waals surface area contributed by atoms with Gasteiger partial charge in [-0.1, -0.05) is 19.3 Å². The van der Waals surface area contributed by atoms with Gasteiger partial charge in [-0.3, -0.25) is 0 Å². The zero-order valence-electron chi connectivity index (χ0n) is 11.1. The summed E-state index contributed by atoms with van der Waals surface area (Å²) in [6.45, 7) is 0.892.